The quantitative estimate of drug-likeness (QED) is 0.836. The molecule has 0 bridgehead atoms. The highest BCUT2D eigenvalue weighted by Gasteiger charge is 2.31. The van der Waals surface area contributed by atoms with Crippen LogP contribution in [0.15, 0.2) is 14.4 Å². The summed E-state index contributed by atoms with van der Waals surface area (Å²) in [4.78, 5) is 35.6. The monoisotopic (exact) mass is 304 g/mol. The molecule has 1 aromatic carbocycles. The molecule has 1 unspecified atom stereocenters. The molecule has 1 atom stereocenters. The molecule has 1 saturated carbocycles. The second-order valence-corrected chi connectivity index (χ2v) is 6.16. The zero-order chi connectivity index (χ0) is 16.0. The lowest BCUT2D eigenvalue weighted by Crippen LogP contribution is -2.34. The Morgan fingerprint density at radius 2 is 1.82 bits per heavy atom. The molecule has 6 heteroatoms. The molecule has 3 rings (SSSR count). The number of nitrogens with one attached hydrogen (secondary N) is 1. The third kappa shape index (κ3) is 1.97. The third-order valence-corrected chi connectivity index (χ3v) is 4.97. The number of hydrogen-bond donors (Lipinski definition) is 2. The second-order valence-electron chi connectivity index (χ2n) is 6.16. The van der Waals surface area contributed by atoms with Crippen molar-refractivity contribution in [2.45, 2.75) is 52.0 Å². The highest BCUT2D eigenvalue weighted by molar-refractivity contribution is 5.74. The van der Waals surface area contributed by atoms with Crippen molar-refractivity contribution < 1.29 is 5.11 Å². The van der Waals surface area contributed by atoms with Crippen LogP contribution in [0.2, 0.25) is 0 Å². The molecular formula is C16H20N2O4. The highest BCUT2D eigenvalue weighted by Crippen LogP contribution is 2.34. The standard InChI is InChI=1S/C16H20N2O4/c1-3-10-11(12-13(19)15(21)14(12)20)16(22)18(17-10)8(2)9-6-4-5-7-9/h8-9,17,19H,3-7H2,1-2H3. The van der Waals surface area contributed by atoms with E-state index in [0.29, 0.717) is 18.0 Å². The first-order valence-corrected chi connectivity index (χ1v) is 7.83. The van der Waals surface area contributed by atoms with E-state index in [1.165, 1.54) is 12.8 Å². The van der Waals surface area contributed by atoms with Crippen LogP contribution in [0.1, 0.15) is 51.3 Å². The Hall–Kier alpha value is -2.11. The van der Waals surface area contributed by atoms with Gasteiger partial charge in [-0.1, -0.05) is 19.8 Å². The van der Waals surface area contributed by atoms with E-state index >= 15 is 0 Å². The van der Waals surface area contributed by atoms with Crippen LogP contribution in [0.5, 0.6) is 5.75 Å². The smallest absolute Gasteiger partial charge is 0.275 e. The Kier molecular flexibility index (Phi) is 3.54. The average Bonchev–Trinajstić information content (AvgIpc) is 3.16. The van der Waals surface area contributed by atoms with Crippen LogP contribution in [0.25, 0.3) is 11.1 Å². The minimum Gasteiger partial charge on any atom is -0.503 e. The summed E-state index contributed by atoms with van der Waals surface area (Å²) >= 11 is 0. The van der Waals surface area contributed by atoms with Crippen LogP contribution in [0.3, 0.4) is 0 Å². The van der Waals surface area contributed by atoms with Crippen LogP contribution in [-0.2, 0) is 6.42 Å². The first-order chi connectivity index (χ1) is 10.5. The third-order valence-electron chi connectivity index (χ3n) is 4.97. The molecule has 1 heterocycles. The van der Waals surface area contributed by atoms with E-state index < -0.39 is 16.6 Å². The number of nitrogens with zero attached hydrogens (tertiary/aromatic N) is 1. The minimum atomic E-state index is -0.909. The number of hydrogen-bond acceptors (Lipinski definition) is 4. The van der Waals surface area contributed by atoms with E-state index in [0.717, 1.165) is 12.8 Å². The van der Waals surface area contributed by atoms with Gasteiger partial charge < -0.3 is 5.11 Å². The Morgan fingerprint density at radius 1 is 1.18 bits per heavy atom. The van der Waals surface area contributed by atoms with Crippen LogP contribution < -0.4 is 16.4 Å². The summed E-state index contributed by atoms with van der Waals surface area (Å²) in [6.45, 7) is 3.86. The number of aromatic hydroxyl groups is 1. The van der Waals surface area contributed by atoms with Gasteiger partial charge in [0.05, 0.1) is 17.2 Å². The lowest BCUT2D eigenvalue weighted by atomic mass is 9.98. The molecule has 0 radical (unpaired) electrons. The number of aromatic amines is 1. The predicted octanol–water partition coefficient (Wildman–Crippen LogP) is 1.46. The van der Waals surface area contributed by atoms with Gasteiger partial charge in [0.2, 0.25) is 5.43 Å². The van der Waals surface area contributed by atoms with Crippen molar-refractivity contribution in [2.75, 3.05) is 0 Å². The molecule has 0 saturated heterocycles. The minimum absolute atomic E-state index is 0.0164. The molecule has 2 aromatic rings. The zero-order valence-electron chi connectivity index (χ0n) is 12.8. The van der Waals surface area contributed by atoms with Crippen molar-refractivity contribution in [1.29, 1.82) is 0 Å². The van der Waals surface area contributed by atoms with Crippen molar-refractivity contribution in [2.24, 2.45) is 5.92 Å². The molecule has 0 amide bonds. The number of H-pyrrole nitrogens is 1. The van der Waals surface area contributed by atoms with Crippen molar-refractivity contribution in [3.05, 3.63) is 36.5 Å². The Morgan fingerprint density at radius 3 is 2.36 bits per heavy atom. The van der Waals surface area contributed by atoms with E-state index in [9.17, 15) is 19.5 Å². The summed E-state index contributed by atoms with van der Waals surface area (Å²) in [7, 11) is 0. The van der Waals surface area contributed by atoms with Crippen LogP contribution in [-0.4, -0.2) is 14.9 Å². The molecule has 0 spiro atoms. The molecule has 118 valence electrons. The first-order valence-electron chi connectivity index (χ1n) is 7.83. The fourth-order valence-electron chi connectivity index (χ4n) is 3.56. The van der Waals surface area contributed by atoms with Crippen molar-refractivity contribution in [3.63, 3.8) is 0 Å². The Labute approximate surface area is 127 Å². The molecule has 1 aliphatic rings. The first kappa shape index (κ1) is 14.8. The fraction of sp³-hybridized carbons (Fsp3) is 0.562. The predicted molar refractivity (Wildman–Crippen MR) is 83.1 cm³/mol. The molecule has 6 nitrogen and oxygen atoms in total. The van der Waals surface area contributed by atoms with E-state index in [-0.39, 0.29) is 22.7 Å². The number of aryl methyl sites for hydroxylation is 1. The Bertz CT molecular complexity index is 829. The summed E-state index contributed by atoms with van der Waals surface area (Å²) in [5.41, 5.74) is -1.37. The van der Waals surface area contributed by atoms with Gasteiger partial charge in [-0.2, -0.15) is 0 Å². The van der Waals surface area contributed by atoms with Crippen LogP contribution in [0, 0.1) is 5.92 Å². The molecular weight excluding hydrogens is 284 g/mol. The van der Waals surface area contributed by atoms with E-state index in [1.54, 1.807) is 4.68 Å². The maximum Gasteiger partial charge on any atom is 0.275 e. The van der Waals surface area contributed by atoms with Gasteiger partial charge in [0.15, 0.2) is 5.75 Å². The van der Waals surface area contributed by atoms with Gasteiger partial charge in [0, 0.05) is 5.69 Å². The molecule has 2 N–H and O–H groups in total. The average molecular weight is 304 g/mol. The van der Waals surface area contributed by atoms with Crippen molar-refractivity contribution >= 4 is 0 Å². The fourth-order valence-corrected chi connectivity index (χ4v) is 3.56. The highest BCUT2D eigenvalue weighted by atomic mass is 16.3. The van der Waals surface area contributed by atoms with Crippen molar-refractivity contribution in [1.82, 2.24) is 9.78 Å². The summed E-state index contributed by atoms with van der Waals surface area (Å²) in [5, 5.41) is 12.7. The number of aromatic nitrogens is 2. The van der Waals surface area contributed by atoms with Gasteiger partial charge >= 0.3 is 0 Å². The van der Waals surface area contributed by atoms with E-state index in [2.05, 4.69) is 5.10 Å². The van der Waals surface area contributed by atoms with Gasteiger partial charge in [-0.05, 0) is 32.1 Å². The largest absolute Gasteiger partial charge is 0.503 e. The maximum atomic E-state index is 12.7. The van der Waals surface area contributed by atoms with Gasteiger partial charge in [-0.25, -0.2) is 4.68 Å². The molecule has 1 fully saturated rings. The Balaban J connectivity index is 2.11. The lowest BCUT2D eigenvalue weighted by Gasteiger charge is -2.19. The molecule has 22 heavy (non-hydrogen) atoms. The maximum absolute atomic E-state index is 12.7. The number of rotatable bonds is 4. The normalized spacial score (nSPS) is 17.4. The summed E-state index contributed by atoms with van der Waals surface area (Å²) in [6, 6.07) is 0.0164. The van der Waals surface area contributed by atoms with Gasteiger partial charge in [-0.15, -0.1) is 0 Å². The SMILES string of the molecule is CCc1[nH]n(C(C)C2CCCC2)c(=O)c1-c1c(O)c(=O)c1=O. The van der Waals surface area contributed by atoms with E-state index in [1.807, 2.05) is 13.8 Å². The molecule has 1 aromatic heterocycles. The summed E-state index contributed by atoms with van der Waals surface area (Å²) in [5.74, 6) is -0.147. The van der Waals surface area contributed by atoms with Gasteiger partial charge in [0.1, 0.15) is 0 Å². The molecule has 1 aliphatic carbocycles. The van der Waals surface area contributed by atoms with Crippen LogP contribution in [0.4, 0.5) is 0 Å². The van der Waals surface area contributed by atoms with Gasteiger partial charge in [0.25, 0.3) is 11.0 Å². The van der Waals surface area contributed by atoms with Crippen LogP contribution >= 0.6 is 0 Å². The summed E-state index contributed by atoms with van der Waals surface area (Å²) < 4.78 is 1.56. The second kappa shape index (κ2) is 5.26. The van der Waals surface area contributed by atoms with Gasteiger partial charge in [-0.3, -0.25) is 19.5 Å². The molecule has 0 aliphatic heterocycles. The van der Waals surface area contributed by atoms with Crippen molar-refractivity contribution in [3.8, 4) is 16.9 Å². The summed E-state index contributed by atoms with van der Waals surface area (Å²) in [6.07, 6.45) is 5.06. The lowest BCUT2D eigenvalue weighted by molar-refractivity contribution is 0.327. The van der Waals surface area contributed by atoms with E-state index in [4.69, 9.17) is 0 Å². The zero-order valence-corrected chi connectivity index (χ0v) is 12.8. The topological polar surface area (TPSA) is 92.2 Å².